The molecule has 0 unspecified atom stereocenters. The normalized spacial score (nSPS) is 19.1. The zero-order valence-corrected chi connectivity index (χ0v) is 17.8. The molecule has 1 N–H and O–H groups in total. The topological polar surface area (TPSA) is 71.1 Å². The molecule has 2 fully saturated rings. The van der Waals surface area contributed by atoms with Crippen molar-refractivity contribution in [3.8, 4) is 11.5 Å². The maximum atomic E-state index is 13.2. The number of carbonyl (C=O) groups is 2. The number of hydrogen-bond donors (Lipinski definition) is 1. The largest absolute Gasteiger partial charge is 0.496 e. The second kappa shape index (κ2) is 9.96. The van der Waals surface area contributed by atoms with Gasteiger partial charge in [0.15, 0.2) is 0 Å². The molecule has 160 valence electrons. The summed E-state index contributed by atoms with van der Waals surface area (Å²) in [5.41, 5.74) is 0.460. The molecule has 2 amide bonds. The molecule has 1 aromatic rings. The molecule has 1 aromatic carbocycles. The zero-order chi connectivity index (χ0) is 20.8. The number of amides is 2. The van der Waals surface area contributed by atoms with Crippen LogP contribution in [0, 0.1) is 5.92 Å². The summed E-state index contributed by atoms with van der Waals surface area (Å²) in [7, 11) is 3.12. The molecule has 0 bridgehead atoms. The van der Waals surface area contributed by atoms with Crippen molar-refractivity contribution in [2.75, 3.05) is 46.9 Å². The number of rotatable bonds is 7. The molecule has 1 saturated heterocycles. The lowest BCUT2D eigenvalue weighted by molar-refractivity contribution is -0.129. The van der Waals surface area contributed by atoms with Gasteiger partial charge >= 0.3 is 0 Å². The monoisotopic (exact) mass is 403 g/mol. The maximum absolute atomic E-state index is 13.2. The fourth-order valence-corrected chi connectivity index (χ4v) is 4.65. The predicted octanol–water partition coefficient (Wildman–Crippen LogP) is 2.16. The van der Waals surface area contributed by atoms with Crippen molar-refractivity contribution in [2.45, 2.75) is 38.6 Å². The van der Waals surface area contributed by atoms with Crippen molar-refractivity contribution in [1.82, 2.24) is 15.1 Å². The second-order valence-corrected chi connectivity index (χ2v) is 7.75. The van der Waals surface area contributed by atoms with Gasteiger partial charge in [0.1, 0.15) is 17.1 Å². The van der Waals surface area contributed by atoms with E-state index in [1.54, 1.807) is 26.4 Å². The predicted molar refractivity (Wildman–Crippen MR) is 111 cm³/mol. The lowest BCUT2D eigenvalue weighted by atomic mass is 9.95. The van der Waals surface area contributed by atoms with Crippen LogP contribution in [0.15, 0.2) is 18.2 Å². The molecular weight excluding hydrogens is 370 g/mol. The Bertz CT molecular complexity index is 688. The Labute approximate surface area is 173 Å². The van der Waals surface area contributed by atoms with Crippen molar-refractivity contribution in [2.24, 2.45) is 5.92 Å². The highest BCUT2D eigenvalue weighted by atomic mass is 16.5. The first-order chi connectivity index (χ1) is 14.1. The van der Waals surface area contributed by atoms with Crippen molar-refractivity contribution in [3.63, 3.8) is 0 Å². The van der Waals surface area contributed by atoms with E-state index >= 15 is 0 Å². The number of likely N-dealkylation sites (N-methyl/N-ethyl adjacent to an activating group) is 1. The Morgan fingerprint density at radius 3 is 2.17 bits per heavy atom. The van der Waals surface area contributed by atoms with Crippen molar-refractivity contribution >= 4 is 11.8 Å². The fraction of sp³-hybridized carbons (Fsp3) is 0.636. The second-order valence-electron chi connectivity index (χ2n) is 7.75. The summed E-state index contributed by atoms with van der Waals surface area (Å²) in [4.78, 5) is 30.1. The maximum Gasteiger partial charge on any atom is 0.261 e. The van der Waals surface area contributed by atoms with Crippen LogP contribution in [0.5, 0.6) is 11.5 Å². The molecule has 7 heteroatoms. The van der Waals surface area contributed by atoms with Crippen LogP contribution in [0.2, 0.25) is 0 Å². The molecule has 1 heterocycles. The first kappa shape index (κ1) is 21.4. The smallest absolute Gasteiger partial charge is 0.261 e. The van der Waals surface area contributed by atoms with Gasteiger partial charge in [-0.3, -0.25) is 14.5 Å². The summed E-state index contributed by atoms with van der Waals surface area (Å²) in [6, 6.07) is 5.27. The third-order valence-corrected chi connectivity index (χ3v) is 6.10. The van der Waals surface area contributed by atoms with E-state index in [4.69, 9.17) is 9.47 Å². The van der Waals surface area contributed by atoms with Gasteiger partial charge in [0.25, 0.3) is 5.91 Å². The SMILES string of the molecule is CCNC(=O)[C@H](C1CCCC1)N1CCN(C(=O)c2c(OC)cccc2OC)CC1. The number of nitrogens with zero attached hydrogens (tertiary/aromatic N) is 2. The highest BCUT2D eigenvalue weighted by molar-refractivity contribution is 5.99. The van der Waals surface area contributed by atoms with Crippen molar-refractivity contribution < 1.29 is 19.1 Å². The van der Waals surface area contributed by atoms with Gasteiger partial charge in [0, 0.05) is 32.7 Å². The van der Waals surface area contributed by atoms with Crippen LogP contribution in [0.4, 0.5) is 0 Å². The summed E-state index contributed by atoms with van der Waals surface area (Å²) in [6.45, 7) is 5.17. The first-order valence-corrected chi connectivity index (χ1v) is 10.6. The Kier molecular flexibility index (Phi) is 7.36. The standard InChI is InChI=1S/C22H33N3O4/c1-4-23-21(26)20(16-8-5-6-9-16)24-12-14-25(15-13-24)22(27)19-17(28-2)10-7-11-18(19)29-3/h7,10-11,16,20H,4-6,8-9,12-15H2,1-3H3,(H,23,26)/t20-/m0/s1. The van der Waals surface area contributed by atoms with E-state index in [0.29, 0.717) is 55.7 Å². The van der Waals surface area contributed by atoms with E-state index in [2.05, 4.69) is 10.2 Å². The Balaban J connectivity index is 1.71. The number of piperazine rings is 1. The first-order valence-electron chi connectivity index (χ1n) is 10.6. The minimum atomic E-state index is -0.0885. The third-order valence-electron chi connectivity index (χ3n) is 6.10. The number of benzene rings is 1. The lowest BCUT2D eigenvalue weighted by Crippen LogP contribution is -2.58. The molecular formula is C22H33N3O4. The molecule has 3 rings (SSSR count). The van der Waals surface area contributed by atoms with Gasteiger partial charge in [0.2, 0.25) is 5.91 Å². The van der Waals surface area contributed by atoms with Crippen LogP contribution in [-0.2, 0) is 4.79 Å². The van der Waals surface area contributed by atoms with E-state index in [9.17, 15) is 9.59 Å². The summed E-state index contributed by atoms with van der Waals surface area (Å²) < 4.78 is 10.8. The van der Waals surface area contributed by atoms with Gasteiger partial charge in [-0.1, -0.05) is 18.9 Å². The number of ether oxygens (including phenoxy) is 2. The molecule has 0 aromatic heterocycles. The van der Waals surface area contributed by atoms with Crippen molar-refractivity contribution in [1.29, 1.82) is 0 Å². The summed E-state index contributed by atoms with van der Waals surface area (Å²) in [5, 5.41) is 3.02. The van der Waals surface area contributed by atoms with Gasteiger partial charge in [-0.25, -0.2) is 0 Å². The minimum absolute atomic E-state index is 0.0875. The minimum Gasteiger partial charge on any atom is -0.496 e. The van der Waals surface area contributed by atoms with Gasteiger partial charge in [-0.15, -0.1) is 0 Å². The van der Waals surface area contributed by atoms with Gasteiger partial charge in [-0.2, -0.15) is 0 Å². The van der Waals surface area contributed by atoms with Crippen LogP contribution in [0.3, 0.4) is 0 Å². The van der Waals surface area contributed by atoms with Crippen LogP contribution < -0.4 is 14.8 Å². The van der Waals surface area contributed by atoms with Crippen LogP contribution in [0.1, 0.15) is 43.0 Å². The Morgan fingerprint density at radius 1 is 1.07 bits per heavy atom. The van der Waals surface area contributed by atoms with E-state index in [1.807, 2.05) is 17.9 Å². The highest BCUT2D eigenvalue weighted by Crippen LogP contribution is 2.32. The fourth-order valence-electron chi connectivity index (χ4n) is 4.65. The molecule has 29 heavy (non-hydrogen) atoms. The Hall–Kier alpha value is -2.28. The van der Waals surface area contributed by atoms with Crippen molar-refractivity contribution in [3.05, 3.63) is 23.8 Å². The van der Waals surface area contributed by atoms with E-state index in [-0.39, 0.29) is 17.9 Å². The number of methoxy groups -OCH3 is 2. The molecule has 0 radical (unpaired) electrons. The zero-order valence-electron chi connectivity index (χ0n) is 17.8. The molecule has 1 saturated carbocycles. The lowest BCUT2D eigenvalue weighted by Gasteiger charge is -2.40. The van der Waals surface area contributed by atoms with Gasteiger partial charge < -0.3 is 19.7 Å². The quantitative estimate of drug-likeness (QED) is 0.755. The molecule has 0 spiro atoms. The summed E-state index contributed by atoms with van der Waals surface area (Å²) in [6.07, 6.45) is 4.62. The van der Waals surface area contributed by atoms with E-state index in [1.165, 1.54) is 12.8 Å². The summed E-state index contributed by atoms with van der Waals surface area (Å²) in [5.74, 6) is 1.49. The number of hydrogen-bond acceptors (Lipinski definition) is 5. The third kappa shape index (κ3) is 4.66. The van der Waals surface area contributed by atoms with E-state index in [0.717, 1.165) is 12.8 Å². The molecule has 1 atom stereocenters. The van der Waals surface area contributed by atoms with Gasteiger partial charge in [-0.05, 0) is 37.8 Å². The van der Waals surface area contributed by atoms with Crippen LogP contribution in [0.25, 0.3) is 0 Å². The molecule has 1 aliphatic heterocycles. The molecule has 2 aliphatic rings. The number of nitrogens with one attached hydrogen (secondary N) is 1. The molecule has 1 aliphatic carbocycles. The average Bonchev–Trinajstić information content (AvgIpc) is 3.27. The summed E-state index contributed by atoms with van der Waals surface area (Å²) >= 11 is 0. The van der Waals surface area contributed by atoms with Crippen LogP contribution in [-0.4, -0.2) is 74.6 Å². The highest BCUT2D eigenvalue weighted by Gasteiger charge is 2.37. The molecule has 7 nitrogen and oxygen atoms in total. The van der Waals surface area contributed by atoms with E-state index < -0.39 is 0 Å². The Morgan fingerprint density at radius 2 is 1.66 bits per heavy atom. The van der Waals surface area contributed by atoms with Gasteiger partial charge in [0.05, 0.1) is 20.3 Å². The number of carbonyl (C=O) groups excluding carboxylic acids is 2. The van der Waals surface area contributed by atoms with Crippen LogP contribution >= 0.6 is 0 Å². The average molecular weight is 404 g/mol.